The maximum atomic E-state index is 5.98. The molecule has 1 atom stereocenters. The van der Waals surface area contributed by atoms with Crippen molar-refractivity contribution in [3.05, 3.63) is 64.5 Å². The first-order valence-electron chi connectivity index (χ1n) is 8.30. The van der Waals surface area contributed by atoms with Gasteiger partial charge in [-0.05, 0) is 18.4 Å². The van der Waals surface area contributed by atoms with Gasteiger partial charge in [-0.25, -0.2) is 0 Å². The van der Waals surface area contributed by atoms with Gasteiger partial charge in [0.25, 0.3) is 0 Å². The summed E-state index contributed by atoms with van der Waals surface area (Å²) in [6.07, 6.45) is 14.0. The zero-order chi connectivity index (χ0) is 17.4. The van der Waals surface area contributed by atoms with Crippen molar-refractivity contribution in [2.45, 2.75) is 12.8 Å². The van der Waals surface area contributed by atoms with Crippen molar-refractivity contribution in [3.63, 3.8) is 0 Å². The number of aromatic nitrogens is 2. The molecule has 1 N–H and O–H groups in total. The fourth-order valence-electron chi connectivity index (χ4n) is 3.69. The number of hydrogen-bond acceptors (Lipinski definition) is 5. The highest BCUT2D eigenvalue weighted by molar-refractivity contribution is 5.85. The maximum absolute atomic E-state index is 5.98. The van der Waals surface area contributed by atoms with E-state index < -0.39 is 0 Å². The zero-order valence-corrected chi connectivity index (χ0v) is 15.7. The SMILES string of the molecule is C=CCNc1nncc2c1=C1C3=C(C=C(OC)[N+]1(OC)C=2)CCC=C3.Cl. The molecule has 0 aromatic carbocycles. The Morgan fingerprint density at radius 3 is 2.96 bits per heavy atom. The quantitative estimate of drug-likeness (QED) is 0.631. The maximum Gasteiger partial charge on any atom is 0.335 e. The van der Waals surface area contributed by atoms with Crippen LogP contribution in [0.3, 0.4) is 0 Å². The van der Waals surface area contributed by atoms with Gasteiger partial charge in [-0.15, -0.1) is 24.1 Å². The van der Waals surface area contributed by atoms with Crippen LogP contribution in [0.2, 0.25) is 0 Å². The number of methoxy groups -OCH3 is 1. The minimum absolute atomic E-state index is 0. The molecule has 0 bridgehead atoms. The molecule has 0 radical (unpaired) electrons. The van der Waals surface area contributed by atoms with Crippen molar-refractivity contribution in [2.24, 2.45) is 0 Å². The monoisotopic (exact) mass is 373 g/mol. The number of anilines is 1. The summed E-state index contributed by atoms with van der Waals surface area (Å²) in [5.41, 5.74) is 3.44. The van der Waals surface area contributed by atoms with Gasteiger partial charge in [-0.3, -0.25) is 0 Å². The van der Waals surface area contributed by atoms with Crippen LogP contribution in [0, 0.1) is 0 Å². The zero-order valence-electron chi connectivity index (χ0n) is 14.9. The van der Waals surface area contributed by atoms with E-state index in [0.29, 0.717) is 6.54 Å². The molecule has 1 aromatic rings. The molecule has 0 saturated heterocycles. The van der Waals surface area contributed by atoms with Crippen LogP contribution in [0.4, 0.5) is 5.82 Å². The fraction of sp³-hybridized carbons (Fsp3) is 0.263. The number of fused-ring (bicyclic) bond motifs is 3. The first kappa shape index (κ1) is 18.4. The van der Waals surface area contributed by atoms with E-state index in [9.17, 15) is 0 Å². The molecule has 1 aliphatic carbocycles. The molecule has 6 nitrogen and oxygen atoms in total. The average Bonchev–Trinajstić information content (AvgIpc) is 3.02. The minimum Gasteiger partial charge on any atom is -0.452 e. The van der Waals surface area contributed by atoms with Gasteiger partial charge in [0.05, 0.1) is 30.9 Å². The second kappa shape index (κ2) is 7.07. The number of ether oxygens (including phenoxy) is 1. The van der Waals surface area contributed by atoms with E-state index >= 15 is 0 Å². The number of hydroxylamine groups is 3. The van der Waals surface area contributed by atoms with Gasteiger partial charge in [0.15, 0.2) is 17.7 Å². The number of quaternary nitrogens is 1. The van der Waals surface area contributed by atoms with Gasteiger partial charge >= 0.3 is 5.88 Å². The van der Waals surface area contributed by atoms with E-state index in [1.54, 1.807) is 26.5 Å². The number of rotatable bonds is 5. The first-order chi connectivity index (χ1) is 12.2. The van der Waals surface area contributed by atoms with Crippen LogP contribution in [0.1, 0.15) is 12.8 Å². The van der Waals surface area contributed by atoms with Crippen LogP contribution in [-0.2, 0) is 9.57 Å². The Labute approximate surface area is 158 Å². The lowest BCUT2D eigenvalue weighted by atomic mass is 9.91. The Morgan fingerprint density at radius 1 is 1.38 bits per heavy atom. The largest absolute Gasteiger partial charge is 0.452 e. The number of halogens is 1. The molecule has 7 heteroatoms. The minimum atomic E-state index is 0. The summed E-state index contributed by atoms with van der Waals surface area (Å²) in [6.45, 7) is 4.38. The van der Waals surface area contributed by atoms with Crippen molar-refractivity contribution in [1.29, 1.82) is 0 Å². The molecule has 0 saturated carbocycles. The van der Waals surface area contributed by atoms with Crippen LogP contribution in [-0.4, -0.2) is 35.6 Å². The van der Waals surface area contributed by atoms with Gasteiger partial charge in [-0.1, -0.05) is 22.9 Å². The summed E-state index contributed by atoms with van der Waals surface area (Å²) < 4.78 is 5.80. The first-order valence-corrected chi connectivity index (χ1v) is 8.30. The highest BCUT2D eigenvalue weighted by Gasteiger charge is 2.49. The summed E-state index contributed by atoms with van der Waals surface area (Å²) in [5, 5.41) is 13.7. The molecule has 1 unspecified atom stereocenters. The van der Waals surface area contributed by atoms with Gasteiger partial charge in [0.1, 0.15) is 0 Å². The van der Waals surface area contributed by atoms with Gasteiger partial charge in [-0.2, -0.15) is 9.94 Å². The lowest BCUT2D eigenvalue weighted by Crippen LogP contribution is -2.42. The average molecular weight is 374 g/mol. The molecule has 136 valence electrons. The highest BCUT2D eigenvalue weighted by Crippen LogP contribution is 2.43. The van der Waals surface area contributed by atoms with Crippen molar-refractivity contribution in [3.8, 4) is 0 Å². The second-order valence-electron chi connectivity index (χ2n) is 6.08. The lowest BCUT2D eigenvalue weighted by molar-refractivity contribution is -0.962. The second-order valence-corrected chi connectivity index (χ2v) is 6.08. The predicted molar refractivity (Wildman–Crippen MR) is 103 cm³/mol. The van der Waals surface area contributed by atoms with E-state index in [2.05, 4.69) is 40.3 Å². The Kier molecular flexibility index (Phi) is 5.00. The molecular formula is C19H22ClN4O2+. The van der Waals surface area contributed by atoms with E-state index in [-0.39, 0.29) is 17.1 Å². The summed E-state index contributed by atoms with van der Waals surface area (Å²) in [6, 6.07) is 0. The van der Waals surface area contributed by atoms with Crippen molar-refractivity contribution in [2.75, 3.05) is 26.1 Å². The molecule has 26 heavy (non-hydrogen) atoms. The van der Waals surface area contributed by atoms with Crippen LogP contribution in [0.15, 0.2) is 54.1 Å². The van der Waals surface area contributed by atoms with Crippen molar-refractivity contribution < 1.29 is 14.2 Å². The molecule has 4 rings (SSSR count). The molecule has 2 aliphatic heterocycles. The van der Waals surface area contributed by atoms with Gasteiger partial charge in [0, 0.05) is 18.2 Å². The lowest BCUT2D eigenvalue weighted by Gasteiger charge is -2.34. The van der Waals surface area contributed by atoms with E-state index in [0.717, 1.165) is 40.7 Å². The van der Waals surface area contributed by atoms with Crippen LogP contribution >= 0.6 is 12.4 Å². The van der Waals surface area contributed by atoms with E-state index in [4.69, 9.17) is 9.57 Å². The molecule has 0 spiro atoms. The Hall–Kier alpha value is -2.41. The number of nitrogens with zero attached hydrogens (tertiary/aromatic N) is 3. The molecule has 0 fully saturated rings. The third kappa shape index (κ3) is 2.49. The smallest absolute Gasteiger partial charge is 0.335 e. The standard InChI is InChI=1S/C19H21N4O2.ClH/c1-4-9-20-19-17-14(11-21-22-19)12-23(25-3)16(24-2)10-13-7-5-6-8-15(13)18(17)23;/h4,6,8,10-12H,1,5,7,9H2,2-3H3,(H,20,22);1H/q+1;. The Bertz CT molecular complexity index is 964. The highest BCUT2D eigenvalue weighted by atomic mass is 35.5. The molecule has 1 aromatic heterocycles. The number of allylic oxidation sites excluding steroid dienone is 3. The van der Waals surface area contributed by atoms with Crippen LogP contribution < -0.4 is 15.8 Å². The normalized spacial score (nSPS) is 22.4. The third-order valence-corrected chi connectivity index (χ3v) is 4.77. The van der Waals surface area contributed by atoms with E-state index in [1.807, 2.05) is 6.20 Å². The van der Waals surface area contributed by atoms with Gasteiger partial charge in [0.2, 0.25) is 0 Å². The molecule has 3 heterocycles. The summed E-state index contributed by atoms with van der Waals surface area (Å²) >= 11 is 0. The Morgan fingerprint density at radius 2 is 2.23 bits per heavy atom. The molecule has 3 aliphatic rings. The summed E-state index contributed by atoms with van der Waals surface area (Å²) in [7, 11) is 3.36. The van der Waals surface area contributed by atoms with Crippen LogP contribution in [0.5, 0.6) is 0 Å². The number of nitrogens with one attached hydrogen (secondary N) is 1. The predicted octanol–water partition coefficient (Wildman–Crippen LogP) is 1.88. The fourth-order valence-corrected chi connectivity index (χ4v) is 3.69. The summed E-state index contributed by atoms with van der Waals surface area (Å²) in [4.78, 5) is 5.98. The summed E-state index contributed by atoms with van der Waals surface area (Å²) in [5.74, 6) is 1.46. The number of hydrogen-bond donors (Lipinski definition) is 1. The third-order valence-electron chi connectivity index (χ3n) is 4.77. The van der Waals surface area contributed by atoms with Crippen LogP contribution in [0.25, 0.3) is 11.9 Å². The molecular weight excluding hydrogens is 352 g/mol. The van der Waals surface area contributed by atoms with Crippen molar-refractivity contribution >= 4 is 30.1 Å². The van der Waals surface area contributed by atoms with Gasteiger partial charge < -0.3 is 10.1 Å². The molecule has 0 amide bonds. The van der Waals surface area contributed by atoms with Crippen molar-refractivity contribution in [1.82, 2.24) is 10.2 Å². The van der Waals surface area contributed by atoms with E-state index in [1.165, 1.54) is 11.1 Å². The topological polar surface area (TPSA) is 56.3 Å². The Balaban J connectivity index is 0.00000196.